The lowest BCUT2D eigenvalue weighted by molar-refractivity contribution is -0.116. The fraction of sp³-hybridized carbons (Fsp3) is 0.278. The van der Waals surface area contributed by atoms with Gasteiger partial charge in [0.2, 0.25) is 15.9 Å². The number of rotatable bonds is 4. The quantitative estimate of drug-likeness (QED) is 0.740. The number of para-hydroxylation sites is 1. The van der Waals surface area contributed by atoms with Gasteiger partial charge in [-0.3, -0.25) is 9.10 Å². The van der Waals surface area contributed by atoms with E-state index in [1.807, 2.05) is 12.1 Å². The Kier molecular flexibility index (Phi) is 4.35. The van der Waals surface area contributed by atoms with Crippen LogP contribution in [-0.4, -0.2) is 42.2 Å². The molecule has 1 saturated heterocycles. The molecular weight excluding hydrogens is 404 g/mol. The van der Waals surface area contributed by atoms with Crippen LogP contribution in [0.4, 0.5) is 11.4 Å². The highest BCUT2D eigenvalue weighted by Gasteiger charge is 2.38. The third-order valence-corrected chi connectivity index (χ3v) is 8.40. The molecule has 0 aromatic heterocycles. The van der Waals surface area contributed by atoms with E-state index in [4.69, 9.17) is 4.74 Å². The Morgan fingerprint density at radius 3 is 2.50 bits per heavy atom. The predicted octanol–water partition coefficient (Wildman–Crippen LogP) is 1.51. The molecule has 0 N–H and O–H groups in total. The van der Waals surface area contributed by atoms with Gasteiger partial charge in [-0.15, -0.1) is 0 Å². The zero-order chi connectivity index (χ0) is 20.1. The third kappa shape index (κ3) is 2.83. The molecule has 2 aromatic rings. The first-order chi connectivity index (χ1) is 13.3. The number of hydrogen-bond acceptors (Lipinski definition) is 6. The Bertz CT molecular complexity index is 1170. The zero-order valence-electron chi connectivity index (χ0n) is 15.0. The van der Waals surface area contributed by atoms with Crippen LogP contribution in [0.3, 0.4) is 0 Å². The first-order valence-corrected chi connectivity index (χ1v) is 11.6. The molecule has 0 aliphatic carbocycles. The number of amides is 1. The first kappa shape index (κ1) is 18.8. The summed E-state index contributed by atoms with van der Waals surface area (Å²) in [5.41, 5.74) is 1.49. The second-order valence-electron chi connectivity index (χ2n) is 6.52. The molecule has 0 radical (unpaired) electrons. The average molecular weight is 422 g/mol. The van der Waals surface area contributed by atoms with Gasteiger partial charge in [-0.05, 0) is 36.2 Å². The second kappa shape index (κ2) is 6.49. The summed E-state index contributed by atoms with van der Waals surface area (Å²) in [6.07, 6.45) is 0.451. The average Bonchev–Trinajstić information content (AvgIpc) is 3.22. The molecule has 0 saturated carbocycles. The number of benzene rings is 2. The molecule has 0 atom stereocenters. The van der Waals surface area contributed by atoms with Crippen molar-refractivity contribution >= 4 is 37.3 Å². The maximum absolute atomic E-state index is 13.4. The summed E-state index contributed by atoms with van der Waals surface area (Å²) in [4.78, 5) is 11.9. The summed E-state index contributed by atoms with van der Waals surface area (Å²) in [7, 11) is -6.49. The molecule has 8 nitrogen and oxygen atoms in total. The number of ether oxygens (including phenoxy) is 1. The molecule has 2 aliphatic rings. The standard InChI is InChI=1S/C18H18N2O6S2/c1-26-16-7-6-14(20-18(21)9-11-27(20,22)23)12-17(16)28(24,25)19-10-8-13-4-2-3-5-15(13)19/h2-7,12H,8-11H2,1H3. The highest BCUT2D eigenvalue weighted by Crippen LogP contribution is 2.38. The van der Waals surface area contributed by atoms with Gasteiger partial charge in [0.1, 0.15) is 10.6 Å². The first-order valence-electron chi connectivity index (χ1n) is 8.60. The van der Waals surface area contributed by atoms with Crippen LogP contribution in [0.2, 0.25) is 0 Å². The molecule has 148 valence electrons. The molecule has 10 heteroatoms. The fourth-order valence-corrected chi connectivity index (χ4v) is 6.67. The Balaban J connectivity index is 1.84. The van der Waals surface area contributed by atoms with Crippen LogP contribution >= 0.6 is 0 Å². The molecule has 28 heavy (non-hydrogen) atoms. The van der Waals surface area contributed by atoms with Crippen molar-refractivity contribution < 1.29 is 26.4 Å². The van der Waals surface area contributed by atoms with Crippen molar-refractivity contribution in [1.82, 2.24) is 0 Å². The lowest BCUT2D eigenvalue weighted by Gasteiger charge is -2.22. The van der Waals surface area contributed by atoms with Crippen LogP contribution in [0.25, 0.3) is 0 Å². The van der Waals surface area contributed by atoms with E-state index >= 15 is 0 Å². The molecule has 0 unspecified atom stereocenters. The van der Waals surface area contributed by atoms with Crippen molar-refractivity contribution in [3.8, 4) is 5.75 Å². The van der Waals surface area contributed by atoms with Gasteiger partial charge in [0, 0.05) is 13.0 Å². The third-order valence-electron chi connectivity index (χ3n) is 4.87. The second-order valence-corrected chi connectivity index (χ2v) is 10.3. The van der Waals surface area contributed by atoms with Crippen molar-refractivity contribution in [2.75, 3.05) is 28.0 Å². The monoisotopic (exact) mass is 422 g/mol. The van der Waals surface area contributed by atoms with Gasteiger partial charge in [0.25, 0.3) is 10.0 Å². The number of nitrogens with zero attached hydrogens (tertiary/aromatic N) is 2. The molecule has 1 fully saturated rings. The normalized spacial score (nSPS) is 18.4. The van der Waals surface area contributed by atoms with Crippen LogP contribution in [-0.2, 0) is 31.3 Å². The summed E-state index contributed by atoms with van der Waals surface area (Å²) in [5.74, 6) is -0.795. The lowest BCUT2D eigenvalue weighted by Crippen LogP contribution is -2.31. The highest BCUT2D eigenvalue weighted by atomic mass is 32.2. The summed E-state index contributed by atoms with van der Waals surface area (Å²) < 4.78 is 58.4. The fourth-order valence-electron chi connectivity index (χ4n) is 3.54. The molecule has 4 rings (SSSR count). The number of methoxy groups -OCH3 is 1. The van der Waals surface area contributed by atoms with Crippen molar-refractivity contribution in [1.29, 1.82) is 0 Å². The molecule has 2 aliphatic heterocycles. The molecule has 2 aromatic carbocycles. The number of carbonyl (C=O) groups excluding carboxylic acids is 1. The van der Waals surface area contributed by atoms with E-state index in [9.17, 15) is 21.6 Å². The van der Waals surface area contributed by atoms with Crippen LogP contribution in [0.15, 0.2) is 47.4 Å². The van der Waals surface area contributed by atoms with Gasteiger partial charge in [0.15, 0.2) is 0 Å². The van der Waals surface area contributed by atoms with Crippen LogP contribution < -0.4 is 13.3 Å². The number of hydrogen-bond donors (Lipinski definition) is 0. The Hall–Kier alpha value is -2.59. The topological polar surface area (TPSA) is 101 Å². The summed E-state index contributed by atoms with van der Waals surface area (Å²) in [6.45, 7) is 0.274. The van der Waals surface area contributed by atoms with Gasteiger partial charge in [-0.1, -0.05) is 18.2 Å². The van der Waals surface area contributed by atoms with Crippen LogP contribution in [0.5, 0.6) is 5.75 Å². The summed E-state index contributed by atoms with van der Waals surface area (Å²) in [5, 5.41) is 0. The minimum Gasteiger partial charge on any atom is -0.495 e. The van der Waals surface area contributed by atoms with Gasteiger partial charge >= 0.3 is 0 Å². The lowest BCUT2D eigenvalue weighted by atomic mass is 10.2. The molecule has 2 heterocycles. The number of fused-ring (bicyclic) bond motifs is 1. The van der Waals surface area contributed by atoms with E-state index in [1.54, 1.807) is 12.1 Å². The predicted molar refractivity (Wildman–Crippen MR) is 104 cm³/mol. The van der Waals surface area contributed by atoms with Crippen molar-refractivity contribution in [2.24, 2.45) is 0 Å². The van der Waals surface area contributed by atoms with Crippen LogP contribution in [0, 0.1) is 0 Å². The van der Waals surface area contributed by atoms with E-state index in [-0.39, 0.29) is 35.1 Å². The van der Waals surface area contributed by atoms with E-state index < -0.39 is 26.0 Å². The van der Waals surface area contributed by atoms with Crippen LogP contribution in [0.1, 0.15) is 12.0 Å². The van der Waals surface area contributed by atoms with E-state index in [0.717, 1.165) is 5.56 Å². The summed E-state index contributed by atoms with van der Waals surface area (Å²) >= 11 is 0. The zero-order valence-corrected chi connectivity index (χ0v) is 16.7. The Morgan fingerprint density at radius 2 is 1.82 bits per heavy atom. The number of sulfonamides is 2. The van der Waals surface area contributed by atoms with Gasteiger partial charge in [-0.2, -0.15) is 0 Å². The molecule has 1 amide bonds. The molecule has 0 spiro atoms. The maximum Gasteiger partial charge on any atom is 0.268 e. The minimum absolute atomic E-state index is 0.00522. The largest absolute Gasteiger partial charge is 0.495 e. The minimum atomic E-state index is -4.03. The molecule has 0 bridgehead atoms. The van der Waals surface area contributed by atoms with Crippen molar-refractivity contribution in [2.45, 2.75) is 17.7 Å². The SMILES string of the molecule is COc1ccc(N2C(=O)CCS2(=O)=O)cc1S(=O)(=O)N1CCc2ccccc21. The summed E-state index contributed by atoms with van der Waals surface area (Å²) in [6, 6.07) is 11.1. The molecular formula is C18H18N2O6S2. The van der Waals surface area contributed by atoms with Crippen molar-refractivity contribution in [3.05, 3.63) is 48.0 Å². The smallest absolute Gasteiger partial charge is 0.268 e. The van der Waals surface area contributed by atoms with Gasteiger partial charge in [-0.25, -0.2) is 21.1 Å². The van der Waals surface area contributed by atoms with Gasteiger partial charge < -0.3 is 4.74 Å². The highest BCUT2D eigenvalue weighted by molar-refractivity contribution is 7.94. The number of carbonyl (C=O) groups is 1. The van der Waals surface area contributed by atoms with E-state index in [2.05, 4.69) is 0 Å². The Morgan fingerprint density at radius 1 is 1.07 bits per heavy atom. The van der Waals surface area contributed by atoms with E-state index in [0.29, 0.717) is 16.4 Å². The van der Waals surface area contributed by atoms with Crippen molar-refractivity contribution in [3.63, 3.8) is 0 Å². The number of anilines is 2. The maximum atomic E-state index is 13.4. The van der Waals surface area contributed by atoms with E-state index in [1.165, 1.54) is 29.6 Å². The van der Waals surface area contributed by atoms with Gasteiger partial charge in [0.05, 0.1) is 24.2 Å². The Labute approximate surface area is 163 Å².